The maximum atomic E-state index is 11.1. The quantitative estimate of drug-likeness (QED) is 0.238. The summed E-state index contributed by atoms with van der Waals surface area (Å²) in [6, 6.07) is 9.81. The van der Waals surface area contributed by atoms with Gasteiger partial charge in [0.05, 0.1) is 17.1 Å². The molecule has 4 aromatic rings. The highest BCUT2D eigenvalue weighted by molar-refractivity contribution is 7.13. The van der Waals surface area contributed by atoms with Crippen LogP contribution in [0.5, 0.6) is 0 Å². The zero-order valence-electron chi connectivity index (χ0n) is 19.6. The van der Waals surface area contributed by atoms with E-state index in [1.807, 2.05) is 34.3 Å². The van der Waals surface area contributed by atoms with E-state index in [0.717, 1.165) is 54.2 Å². The van der Waals surface area contributed by atoms with Crippen molar-refractivity contribution in [3.63, 3.8) is 0 Å². The first-order valence-corrected chi connectivity index (χ1v) is 13.3. The summed E-state index contributed by atoms with van der Waals surface area (Å²) in [4.78, 5) is 13.6. The molecule has 1 aromatic carbocycles. The number of piperidine rings is 1. The van der Waals surface area contributed by atoms with E-state index >= 15 is 0 Å². The molecule has 1 saturated heterocycles. The van der Waals surface area contributed by atoms with Gasteiger partial charge in [0, 0.05) is 23.6 Å². The molecule has 1 saturated carbocycles. The topological polar surface area (TPSA) is 122 Å². The van der Waals surface area contributed by atoms with Gasteiger partial charge < -0.3 is 25.8 Å². The lowest BCUT2D eigenvalue weighted by Crippen LogP contribution is -2.29. The van der Waals surface area contributed by atoms with Crippen LogP contribution in [0.3, 0.4) is 0 Å². The molecule has 6 rings (SSSR count). The van der Waals surface area contributed by atoms with Crippen LogP contribution in [0.15, 0.2) is 53.1 Å². The first-order chi connectivity index (χ1) is 17.5. The van der Waals surface area contributed by atoms with E-state index in [1.165, 1.54) is 22.5 Å². The van der Waals surface area contributed by atoms with Crippen LogP contribution >= 0.6 is 22.9 Å². The number of rotatable bonds is 4. The standard InChI is InChI=1S/C26H27ClN6O2S/c27-26-31-23(28)20-18(25-30-16(13-36-25)10-14-4-2-1-3-5-14)12-33(24(20)32-26)19-11-17(21(34)22(19)35)15-6-8-29-9-7-15/h1-5,12-13,19,21-22,29,34-35H,6-11H2,(H2,28,31,32)/t19-,21-,22+/m1/s1. The Labute approximate surface area is 217 Å². The Kier molecular flexibility index (Phi) is 6.27. The lowest BCUT2D eigenvalue weighted by Gasteiger charge is -2.20. The van der Waals surface area contributed by atoms with Crippen LogP contribution in [0.4, 0.5) is 5.82 Å². The maximum absolute atomic E-state index is 11.1. The van der Waals surface area contributed by atoms with E-state index in [0.29, 0.717) is 17.5 Å². The summed E-state index contributed by atoms with van der Waals surface area (Å²) in [5, 5.41) is 29.0. The number of nitrogens with zero attached hydrogens (tertiary/aromatic N) is 4. The number of nitrogen functional groups attached to an aromatic ring is 1. The molecule has 1 aliphatic carbocycles. The molecule has 0 radical (unpaired) electrons. The molecule has 2 fully saturated rings. The Balaban J connectivity index is 1.42. The number of anilines is 1. The summed E-state index contributed by atoms with van der Waals surface area (Å²) >= 11 is 7.74. The summed E-state index contributed by atoms with van der Waals surface area (Å²) in [6.07, 6.45) is 3.09. The fourth-order valence-corrected chi connectivity index (χ4v) is 6.44. The van der Waals surface area contributed by atoms with Crippen molar-refractivity contribution in [2.75, 3.05) is 18.8 Å². The zero-order valence-corrected chi connectivity index (χ0v) is 21.1. The Morgan fingerprint density at radius 1 is 1.11 bits per heavy atom. The number of benzene rings is 1. The minimum absolute atomic E-state index is 0.0415. The smallest absolute Gasteiger partial charge is 0.226 e. The van der Waals surface area contributed by atoms with Gasteiger partial charge in [-0.3, -0.25) is 0 Å². The number of nitrogens with one attached hydrogen (secondary N) is 1. The Bertz CT molecular complexity index is 1440. The first kappa shape index (κ1) is 23.6. The highest BCUT2D eigenvalue weighted by Gasteiger charge is 2.41. The van der Waals surface area contributed by atoms with Crippen molar-refractivity contribution in [3.05, 3.63) is 69.6 Å². The van der Waals surface area contributed by atoms with Crippen molar-refractivity contribution in [2.45, 2.75) is 43.9 Å². The van der Waals surface area contributed by atoms with E-state index in [2.05, 4.69) is 27.4 Å². The van der Waals surface area contributed by atoms with Crippen LogP contribution in [0.2, 0.25) is 5.28 Å². The van der Waals surface area contributed by atoms with Gasteiger partial charge in [0.2, 0.25) is 5.28 Å². The summed E-state index contributed by atoms with van der Waals surface area (Å²) in [7, 11) is 0. The van der Waals surface area contributed by atoms with Gasteiger partial charge in [-0.1, -0.05) is 35.9 Å². The number of hydrogen-bond donors (Lipinski definition) is 4. The van der Waals surface area contributed by atoms with Crippen LogP contribution < -0.4 is 11.1 Å². The molecular formula is C26H27ClN6O2S. The van der Waals surface area contributed by atoms with Gasteiger partial charge >= 0.3 is 0 Å². The third-order valence-corrected chi connectivity index (χ3v) is 8.30. The molecule has 1 aliphatic heterocycles. The molecule has 4 heterocycles. The second kappa shape index (κ2) is 9.57. The predicted octanol–water partition coefficient (Wildman–Crippen LogP) is 3.73. The number of aliphatic hydroxyl groups is 2. The summed E-state index contributed by atoms with van der Waals surface area (Å²) < 4.78 is 1.90. The second-order valence-corrected chi connectivity index (χ2v) is 10.6. The van der Waals surface area contributed by atoms with E-state index in [1.54, 1.807) is 0 Å². The largest absolute Gasteiger partial charge is 0.388 e. The van der Waals surface area contributed by atoms with Crippen molar-refractivity contribution in [1.29, 1.82) is 0 Å². The molecule has 8 nitrogen and oxygen atoms in total. The molecule has 0 amide bonds. The summed E-state index contributed by atoms with van der Waals surface area (Å²) in [5.41, 5.74) is 12.0. The molecule has 0 spiro atoms. The highest BCUT2D eigenvalue weighted by atomic mass is 35.5. The van der Waals surface area contributed by atoms with Gasteiger partial charge in [0.25, 0.3) is 0 Å². The molecule has 0 bridgehead atoms. The van der Waals surface area contributed by atoms with Crippen LogP contribution in [0.1, 0.15) is 36.6 Å². The number of nitrogens with two attached hydrogens (primary N) is 1. The number of thiazole rings is 1. The normalized spacial score (nSPS) is 22.6. The van der Waals surface area contributed by atoms with Crippen molar-refractivity contribution in [1.82, 2.24) is 24.8 Å². The van der Waals surface area contributed by atoms with Gasteiger partial charge in [0.15, 0.2) is 0 Å². The highest BCUT2D eigenvalue weighted by Crippen LogP contribution is 2.43. The number of fused-ring (bicyclic) bond motifs is 1. The monoisotopic (exact) mass is 522 g/mol. The van der Waals surface area contributed by atoms with Gasteiger partial charge in [0.1, 0.15) is 28.7 Å². The first-order valence-electron chi connectivity index (χ1n) is 12.1. The molecule has 2 aliphatic rings. The fraction of sp³-hybridized carbons (Fsp3) is 0.346. The van der Waals surface area contributed by atoms with Crippen LogP contribution in [0.25, 0.3) is 21.6 Å². The van der Waals surface area contributed by atoms with E-state index < -0.39 is 18.2 Å². The van der Waals surface area contributed by atoms with Crippen LogP contribution in [-0.2, 0) is 6.42 Å². The van der Waals surface area contributed by atoms with Gasteiger partial charge in [-0.25, -0.2) is 9.97 Å². The van der Waals surface area contributed by atoms with E-state index in [9.17, 15) is 10.2 Å². The molecule has 186 valence electrons. The van der Waals surface area contributed by atoms with Crippen LogP contribution in [0, 0.1) is 0 Å². The van der Waals surface area contributed by atoms with Crippen molar-refractivity contribution < 1.29 is 10.2 Å². The molecule has 10 heteroatoms. The predicted molar refractivity (Wildman–Crippen MR) is 142 cm³/mol. The van der Waals surface area contributed by atoms with Gasteiger partial charge in [-0.15, -0.1) is 11.3 Å². The lowest BCUT2D eigenvalue weighted by molar-refractivity contribution is 0.0356. The Hall–Kier alpha value is -2.82. The summed E-state index contributed by atoms with van der Waals surface area (Å²) in [6.45, 7) is 1.77. The minimum atomic E-state index is -0.967. The molecule has 5 N–H and O–H groups in total. The molecule has 36 heavy (non-hydrogen) atoms. The fourth-order valence-electron chi connectivity index (χ4n) is 5.43. The zero-order chi connectivity index (χ0) is 24.8. The van der Waals surface area contributed by atoms with Gasteiger partial charge in [-0.2, -0.15) is 4.98 Å². The summed E-state index contributed by atoms with van der Waals surface area (Å²) in [5.74, 6) is 0.267. The third-order valence-electron chi connectivity index (χ3n) is 7.21. The third kappa shape index (κ3) is 4.21. The van der Waals surface area contributed by atoms with Crippen molar-refractivity contribution >= 4 is 39.8 Å². The average molecular weight is 523 g/mol. The van der Waals surface area contributed by atoms with E-state index in [4.69, 9.17) is 22.3 Å². The number of aromatic nitrogens is 4. The molecule has 3 atom stereocenters. The SMILES string of the molecule is Nc1nc(Cl)nc2c1c(-c1nc(Cc3ccccc3)cs1)cn2[C@@H]1CC(=C2CCNCC2)[C@@H](O)[C@H]1O. The van der Waals surface area contributed by atoms with Crippen LogP contribution in [-0.4, -0.2) is 55.0 Å². The second-order valence-electron chi connectivity index (χ2n) is 9.42. The minimum Gasteiger partial charge on any atom is -0.388 e. The Morgan fingerprint density at radius 3 is 2.67 bits per heavy atom. The average Bonchev–Trinajstić information content (AvgIpc) is 3.57. The lowest BCUT2D eigenvalue weighted by atomic mass is 9.96. The van der Waals surface area contributed by atoms with E-state index in [-0.39, 0.29) is 11.1 Å². The number of halogens is 1. The maximum Gasteiger partial charge on any atom is 0.226 e. The number of hydrogen-bond acceptors (Lipinski definition) is 8. The molecular weight excluding hydrogens is 496 g/mol. The molecule has 3 aromatic heterocycles. The Morgan fingerprint density at radius 2 is 1.89 bits per heavy atom. The van der Waals surface area contributed by atoms with Gasteiger partial charge in [-0.05, 0) is 55.1 Å². The van der Waals surface area contributed by atoms with Crippen molar-refractivity contribution in [2.24, 2.45) is 0 Å². The molecule has 0 unspecified atom stereocenters. The van der Waals surface area contributed by atoms with Crippen molar-refractivity contribution in [3.8, 4) is 10.6 Å². The number of aliphatic hydroxyl groups excluding tert-OH is 2.